The van der Waals surface area contributed by atoms with Gasteiger partial charge in [0.1, 0.15) is 11.9 Å². The third kappa shape index (κ3) is 1.21. The molecule has 17 heavy (non-hydrogen) atoms. The lowest BCUT2D eigenvalue weighted by Gasteiger charge is -2.48. The molecule has 2 aliphatic heterocycles. The summed E-state index contributed by atoms with van der Waals surface area (Å²) in [6, 6.07) is 7.95. The summed E-state index contributed by atoms with van der Waals surface area (Å²) in [6.45, 7) is 3.79. The molecule has 2 heterocycles. The molecule has 3 atom stereocenters. The van der Waals surface area contributed by atoms with Crippen molar-refractivity contribution >= 4 is 6.29 Å². The second-order valence-corrected chi connectivity index (χ2v) is 4.87. The summed E-state index contributed by atoms with van der Waals surface area (Å²) in [5.41, 5.74) is 0.787. The first kappa shape index (κ1) is 10.7. The second-order valence-electron chi connectivity index (χ2n) is 4.87. The van der Waals surface area contributed by atoms with Crippen LogP contribution in [0.5, 0.6) is 0 Å². The highest BCUT2D eigenvalue weighted by molar-refractivity contribution is 5.60. The fourth-order valence-electron chi connectivity index (χ4n) is 2.59. The summed E-state index contributed by atoms with van der Waals surface area (Å²) < 4.78 is 0. The van der Waals surface area contributed by atoms with Gasteiger partial charge < -0.3 is 4.79 Å². The number of carbonyl (C=O) groups excluding carboxylic acids is 1. The summed E-state index contributed by atoms with van der Waals surface area (Å²) in [4.78, 5) is 22.1. The number of hydrogen-bond donors (Lipinski definition) is 0. The van der Waals surface area contributed by atoms with Crippen molar-refractivity contribution in [2.45, 2.75) is 25.0 Å². The number of benzene rings is 1. The third-order valence-electron chi connectivity index (χ3n) is 3.77. The molecule has 0 unspecified atom stereocenters. The van der Waals surface area contributed by atoms with Crippen molar-refractivity contribution < 1.29 is 14.6 Å². The van der Waals surface area contributed by atoms with E-state index in [1.54, 1.807) is 0 Å². The molecule has 0 aromatic heterocycles. The molecule has 4 rings (SSSR count). The highest BCUT2D eigenvalue weighted by atomic mass is 17.2. The summed E-state index contributed by atoms with van der Waals surface area (Å²) in [5, 5.41) is 0. The lowest BCUT2D eigenvalue weighted by Crippen LogP contribution is -2.49. The van der Waals surface area contributed by atoms with E-state index in [2.05, 4.69) is 0 Å². The third-order valence-corrected chi connectivity index (χ3v) is 3.77. The van der Waals surface area contributed by atoms with E-state index < -0.39 is 11.2 Å². The van der Waals surface area contributed by atoms with Crippen molar-refractivity contribution in [3.05, 3.63) is 47.5 Å². The quantitative estimate of drug-likeness (QED) is 0.445. The summed E-state index contributed by atoms with van der Waals surface area (Å²) in [7, 11) is 0. The highest BCUT2D eigenvalue weighted by Crippen LogP contribution is 2.51. The molecule has 0 N–H and O–H groups in total. The van der Waals surface area contributed by atoms with Gasteiger partial charge in [-0.3, -0.25) is 0 Å². The first-order valence-corrected chi connectivity index (χ1v) is 5.75. The van der Waals surface area contributed by atoms with Crippen molar-refractivity contribution in [3.63, 3.8) is 0 Å². The topological polar surface area (TPSA) is 35.5 Å². The van der Waals surface area contributed by atoms with E-state index in [1.807, 2.05) is 50.3 Å². The van der Waals surface area contributed by atoms with Crippen molar-refractivity contribution in [1.29, 1.82) is 0 Å². The van der Waals surface area contributed by atoms with Crippen LogP contribution in [0.2, 0.25) is 0 Å². The van der Waals surface area contributed by atoms with Crippen LogP contribution in [-0.4, -0.2) is 6.29 Å². The minimum Gasteiger partial charge on any atom is -0.303 e. The van der Waals surface area contributed by atoms with Gasteiger partial charge >= 0.3 is 0 Å². The van der Waals surface area contributed by atoms with Gasteiger partial charge in [-0.25, -0.2) is 9.78 Å². The molecule has 0 spiro atoms. The van der Waals surface area contributed by atoms with E-state index >= 15 is 0 Å². The van der Waals surface area contributed by atoms with E-state index in [4.69, 9.17) is 9.78 Å². The molecule has 0 amide bonds. The average molecular weight is 230 g/mol. The molecule has 0 saturated carbocycles. The lowest BCUT2D eigenvalue weighted by molar-refractivity contribution is -0.424. The standard InChI is InChI=1S/C14H14O3/c1-10(9-15)14-8-7-13(2,16-17-14)11-5-3-4-6-12(11)14/h3-10H,1-2H3/t10-,13+,14+/m0/s1. The highest BCUT2D eigenvalue weighted by Gasteiger charge is 2.52. The minimum atomic E-state index is -0.768. The first-order chi connectivity index (χ1) is 8.12. The van der Waals surface area contributed by atoms with Gasteiger partial charge in [0.2, 0.25) is 0 Å². The maximum absolute atomic E-state index is 11.1. The van der Waals surface area contributed by atoms with Crippen LogP contribution in [0.25, 0.3) is 0 Å². The zero-order chi connectivity index (χ0) is 12.1. The molecule has 88 valence electrons. The Bertz CT molecular complexity index is 508. The molecule has 3 aliphatic rings. The van der Waals surface area contributed by atoms with Crippen LogP contribution in [0.4, 0.5) is 0 Å². The summed E-state index contributed by atoms with van der Waals surface area (Å²) >= 11 is 0. The fraction of sp³-hybridized carbons (Fsp3) is 0.357. The van der Waals surface area contributed by atoms with Gasteiger partial charge in [-0.2, -0.15) is 0 Å². The molecule has 0 saturated heterocycles. The van der Waals surface area contributed by atoms with Gasteiger partial charge in [0.25, 0.3) is 0 Å². The Morgan fingerprint density at radius 1 is 1.18 bits per heavy atom. The van der Waals surface area contributed by atoms with Crippen LogP contribution in [0.15, 0.2) is 36.4 Å². The van der Waals surface area contributed by atoms with Gasteiger partial charge in [-0.1, -0.05) is 31.2 Å². The molecule has 1 aromatic carbocycles. The van der Waals surface area contributed by atoms with E-state index in [-0.39, 0.29) is 5.92 Å². The molecular formula is C14H14O3. The maximum Gasteiger partial charge on any atom is 0.156 e. The number of rotatable bonds is 2. The van der Waals surface area contributed by atoms with Crippen LogP contribution < -0.4 is 0 Å². The molecular weight excluding hydrogens is 216 g/mol. The molecule has 2 bridgehead atoms. The van der Waals surface area contributed by atoms with Gasteiger partial charge in [-0.05, 0) is 30.2 Å². The van der Waals surface area contributed by atoms with Crippen molar-refractivity contribution in [1.82, 2.24) is 0 Å². The van der Waals surface area contributed by atoms with Crippen molar-refractivity contribution in [3.8, 4) is 0 Å². The van der Waals surface area contributed by atoms with E-state index in [0.717, 1.165) is 17.4 Å². The number of hydrogen-bond acceptors (Lipinski definition) is 3. The Kier molecular flexibility index (Phi) is 2.06. The average Bonchev–Trinajstić information content (AvgIpc) is 2.39. The predicted molar refractivity (Wildman–Crippen MR) is 62.0 cm³/mol. The van der Waals surface area contributed by atoms with E-state index in [1.165, 1.54) is 0 Å². The van der Waals surface area contributed by atoms with Crippen LogP contribution in [0.3, 0.4) is 0 Å². The Morgan fingerprint density at radius 2 is 1.88 bits per heavy atom. The lowest BCUT2D eigenvalue weighted by atomic mass is 9.71. The largest absolute Gasteiger partial charge is 0.303 e. The van der Waals surface area contributed by atoms with Crippen LogP contribution >= 0.6 is 0 Å². The molecule has 0 fully saturated rings. The van der Waals surface area contributed by atoms with E-state index in [9.17, 15) is 4.79 Å². The van der Waals surface area contributed by atoms with Gasteiger partial charge in [0, 0.05) is 0 Å². The van der Waals surface area contributed by atoms with Crippen LogP contribution in [0.1, 0.15) is 25.0 Å². The normalized spacial score (nSPS) is 35.4. The van der Waals surface area contributed by atoms with Gasteiger partial charge in [0.05, 0.1) is 5.92 Å². The van der Waals surface area contributed by atoms with Gasteiger partial charge in [-0.15, -0.1) is 0 Å². The second kappa shape index (κ2) is 3.28. The summed E-state index contributed by atoms with van der Waals surface area (Å²) in [6.07, 6.45) is 4.81. The predicted octanol–water partition coefficient (Wildman–Crippen LogP) is 2.46. The first-order valence-electron chi connectivity index (χ1n) is 5.75. The smallest absolute Gasteiger partial charge is 0.156 e. The monoisotopic (exact) mass is 230 g/mol. The summed E-state index contributed by atoms with van der Waals surface area (Å²) in [5.74, 6) is -0.287. The Labute approximate surface area is 100.0 Å². The van der Waals surface area contributed by atoms with Gasteiger partial charge in [0.15, 0.2) is 5.60 Å². The number of fused-ring (bicyclic) bond motifs is 1. The zero-order valence-electron chi connectivity index (χ0n) is 9.84. The minimum absolute atomic E-state index is 0.287. The molecule has 1 aliphatic carbocycles. The molecule has 3 heteroatoms. The Morgan fingerprint density at radius 3 is 2.47 bits per heavy atom. The molecule has 0 radical (unpaired) electrons. The Balaban J connectivity index is 2.27. The molecule has 3 nitrogen and oxygen atoms in total. The van der Waals surface area contributed by atoms with Crippen molar-refractivity contribution in [2.75, 3.05) is 0 Å². The van der Waals surface area contributed by atoms with Crippen LogP contribution in [0, 0.1) is 5.92 Å². The fourth-order valence-corrected chi connectivity index (χ4v) is 2.59. The number of carbonyl (C=O) groups is 1. The number of aldehydes is 1. The SMILES string of the molecule is C[C@@H](C=O)[C@@]12C=C[C@@](C)(OO1)c1ccccc12. The maximum atomic E-state index is 11.1. The Hall–Kier alpha value is -1.45. The zero-order valence-corrected chi connectivity index (χ0v) is 9.84. The molecule has 1 aromatic rings. The van der Waals surface area contributed by atoms with E-state index in [0.29, 0.717) is 0 Å². The van der Waals surface area contributed by atoms with Crippen LogP contribution in [-0.2, 0) is 25.8 Å². The van der Waals surface area contributed by atoms with Crippen molar-refractivity contribution in [2.24, 2.45) is 5.92 Å².